The Labute approximate surface area is 142 Å². The van der Waals surface area contributed by atoms with E-state index in [1.807, 2.05) is 55.6 Å². The van der Waals surface area contributed by atoms with Crippen LogP contribution in [0.4, 0.5) is 5.69 Å². The van der Waals surface area contributed by atoms with Gasteiger partial charge in [0.2, 0.25) is 5.91 Å². The maximum atomic E-state index is 12.7. The van der Waals surface area contributed by atoms with Crippen molar-refractivity contribution in [1.82, 2.24) is 5.32 Å². The van der Waals surface area contributed by atoms with Gasteiger partial charge in [-0.15, -0.1) is 12.4 Å². The molecule has 0 spiro atoms. The van der Waals surface area contributed by atoms with Crippen molar-refractivity contribution in [3.8, 4) is 5.75 Å². The number of anilines is 1. The fourth-order valence-corrected chi connectivity index (χ4v) is 2.82. The van der Waals surface area contributed by atoms with Gasteiger partial charge in [0.1, 0.15) is 5.75 Å². The van der Waals surface area contributed by atoms with E-state index in [2.05, 4.69) is 10.6 Å². The summed E-state index contributed by atoms with van der Waals surface area (Å²) in [6.45, 7) is 1.30. The molecule has 2 aromatic rings. The fourth-order valence-electron chi connectivity index (χ4n) is 2.82. The van der Waals surface area contributed by atoms with E-state index in [9.17, 15) is 4.79 Å². The summed E-state index contributed by atoms with van der Waals surface area (Å²) >= 11 is 0. The van der Waals surface area contributed by atoms with Crippen molar-refractivity contribution in [3.63, 3.8) is 0 Å². The van der Waals surface area contributed by atoms with E-state index in [-0.39, 0.29) is 24.2 Å². The topological polar surface area (TPSA) is 50.4 Å². The summed E-state index contributed by atoms with van der Waals surface area (Å²) in [5, 5.41) is 6.19. The third kappa shape index (κ3) is 3.84. The lowest BCUT2D eigenvalue weighted by atomic mass is 9.92. The van der Waals surface area contributed by atoms with Gasteiger partial charge in [-0.3, -0.25) is 4.79 Å². The highest BCUT2D eigenvalue weighted by Crippen LogP contribution is 2.34. The summed E-state index contributed by atoms with van der Waals surface area (Å²) in [6, 6.07) is 15.6. The van der Waals surface area contributed by atoms with Gasteiger partial charge in [-0.2, -0.15) is 0 Å². The Morgan fingerprint density at radius 2 is 1.91 bits per heavy atom. The normalized spacial score (nSPS) is 15.8. The van der Waals surface area contributed by atoms with Crippen LogP contribution in [0.1, 0.15) is 23.5 Å². The molecule has 2 aromatic carbocycles. The van der Waals surface area contributed by atoms with Gasteiger partial charge < -0.3 is 15.4 Å². The van der Waals surface area contributed by atoms with Crippen LogP contribution in [-0.2, 0) is 11.3 Å². The molecule has 1 unspecified atom stereocenters. The molecule has 1 aliphatic rings. The second kappa shape index (κ2) is 7.99. The summed E-state index contributed by atoms with van der Waals surface area (Å²) < 4.78 is 5.63. The molecule has 23 heavy (non-hydrogen) atoms. The lowest BCUT2D eigenvalue weighted by molar-refractivity contribution is -0.118. The average Bonchev–Trinajstić information content (AvgIpc) is 2.56. The van der Waals surface area contributed by atoms with Crippen LogP contribution in [-0.4, -0.2) is 19.6 Å². The van der Waals surface area contributed by atoms with E-state index in [4.69, 9.17) is 4.74 Å². The smallest absolute Gasteiger partial charge is 0.232 e. The third-order valence-corrected chi connectivity index (χ3v) is 3.92. The van der Waals surface area contributed by atoms with Crippen LogP contribution in [0.15, 0.2) is 48.5 Å². The highest BCUT2D eigenvalue weighted by Gasteiger charge is 2.27. The van der Waals surface area contributed by atoms with Crippen molar-refractivity contribution in [3.05, 3.63) is 59.7 Å². The summed E-state index contributed by atoms with van der Waals surface area (Å²) in [5.74, 6) is 0.685. The summed E-state index contributed by atoms with van der Waals surface area (Å²) in [4.78, 5) is 12.7. The van der Waals surface area contributed by atoms with Crippen molar-refractivity contribution >= 4 is 24.0 Å². The van der Waals surface area contributed by atoms with Gasteiger partial charge in [0.05, 0.1) is 12.5 Å². The average molecular weight is 333 g/mol. The first-order valence-corrected chi connectivity index (χ1v) is 7.54. The van der Waals surface area contributed by atoms with Crippen molar-refractivity contribution in [2.24, 2.45) is 0 Å². The molecule has 0 fully saturated rings. The number of rotatable bonds is 4. The Morgan fingerprint density at radius 3 is 2.74 bits per heavy atom. The number of carbonyl (C=O) groups is 1. The number of ether oxygens (including phenoxy) is 1. The van der Waals surface area contributed by atoms with Crippen LogP contribution in [0.2, 0.25) is 0 Å². The Balaban J connectivity index is 0.00000192. The number of hydrogen-bond acceptors (Lipinski definition) is 3. The molecule has 3 rings (SSSR count). The largest absolute Gasteiger partial charge is 0.493 e. The molecular weight excluding hydrogens is 312 g/mol. The van der Waals surface area contributed by atoms with Crippen molar-refractivity contribution in [2.45, 2.75) is 18.9 Å². The van der Waals surface area contributed by atoms with Crippen molar-refractivity contribution in [2.75, 3.05) is 19.0 Å². The first-order chi connectivity index (χ1) is 10.8. The molecule has 1 atom stereocenters. The first-order valence-electron chi connectivity index (χ1n) is 7.54. The highest BCUT2D eigenvalue weighted by molar-refractivity contribution is 5.97. The molecule has 1 amide bonds. The molecule has 4 nitrogen and oxygen atoms in total. The third-order valence-electron chi connectivity index (χ3n) is 3.92. The molecule has 0 radical (unpaired) electrons. The number of para-hydroxylation sites is 2. The lowest BCUT2D eigenvalue weighted by Crippen LogP contribution is -2.27. The Morgan fingerprint density at radius 1 is 1.17 bits per heavy atom. The second-order valence-corrected chi connectivity index (χ2v) is 5.40. The van der Waals surface area contributed by atoms with Crippen molar-refractivity contribution < 1.29 is 9.53 Å². The molecule has 5 heteroatoms. The van der Waals surface area contributed by atoms with Crippen LogP contribution in [0.3, 0.4) is 0 Å². The summed E-state index contributed by atoms with van der Waals surface area (Å²) in [5.41, 5.74) is 2.92. The van der Waals surface area contributed by atoms with Gasteiger partial charge in [-0.1, -0.05) is 36.4 Å². The van der Waals surface area contributed by atoms with Gasteiger partial charge in [0, 0.05) is 17.8 Å². The molecule has 2 N–H and O–H groups in total. The second-order valence-electron chi connectivity index (χ2n) is 5.40. The number of hydrogen-bond donors (Lipinski definition) is 2. The Kier molecular flexibility index (Phi) is 6.02. The van der Waals surface area contributed by atoms with Gasteiger partial charge >= 0.3 is 0 Å². The van der Waals surface area contributed by atoms with Crippen LogP contribution < -0.4 is 15.4 Å². The lowest BCUT2D eigenvalue weighted by Gasteiger charge is -2.25. The maximum Gasteiger partial charge on any atom is 0.232 e. The monoisotopic (exact) mass is 332 g/mol. The van der Waals surface area contributed by atoms with Crippen LogP contribution in [0, 0.1) is 0 Å². The minimum atomic E-state index is -0.160. The predicted molar refractivity (Wildman–Crippen MR) is 94.4 cm³/mol. The molecule has 122 valence electrons. The zero-order valence-electron chi connectivity index (χ0n) is 13.0. The van der Waals surface area contributed by atoms with Crippen LogP contribution in [0.25, 0.3) is 0 Å². The molecule has 0 aromatic heterocycles. The number of benzene rings is 2. The zero-order chi connectivity index (χ0) is 15.4. The standard InChI is InChI=1S/C18H20N2O2.ClH/c1-19-12-13-6-2-4-8-16(13)20-18(21)15-10-11-22-17-9-5-3-7-14(15)17;/h2-9,15,19H,10-12H2,1H3,(H,20,21);1H. The Hall–Kier alpha value is -2.04. The number of fused-ring (bicyclic) bond motifs is 1. The van der Waals surface area contributed by atoms with E-state index in [0.29, 0.717) is 13.0 Å². The SMILES string of the molecule is CNCc1ccccc1NC(=O)C1CCOc2ccccc21.Cl. The zero-order valence-corrected chi connectivity index (χ0v) is 13.9. The molecule has 0 bridgehead atoms. The minimum absolute atomic E-state index is 0. The van der Waals surface area contributed by atoms with Crippen LogP contribution in [0.5, 0.6) is 5.75 Å². The van der Waals surface area contributed by atoms with E-state index in [1.54, 1.807) is 0 Å². The molecule has 1 aliphatic heterocycles. The van der Waals surface area contributed by atoms with E-state index in [0.717, 1.165) is 29.1 Å². The molecular formula is C18H21ClN2O2. The fraction of sp³-hybridized carbons (Fsp3) is 0.278. The van der Waals surface area contributed by atoms with E-state index in [1.165, 1.54) is 0 Å². The number of nitrogens with one attached hydrogen (secondary N) is 2. The minimum Gasteiger partial charge on any atom is -0.493 e. The van der Waals surface area contributed by atoms with Crippen LogP contribution >= 0.6 is 12.4 Å². The molecule has 0 saturated heterocycles. The van der Waals surface area contributed by atoms with Crippen molar-refractivity contribution in [1.29, 1.82) is 0 Å². The van der Waals surface area contributed by atoms with Gasteiger partial charge in [0.15, 0.2) is 0 Å². The predicted octanol–water partition coefficient (Wildman–Crippen LogP) is 3.33. The number of carbonyl (C=O) groups excluding carboxylic acids is 1. The van der Waals surface area contributed by atoms with E-state index >= 15 is 0 Å². The number of halogens is 1. The van der Waals surface area contributed by atoms with Gasteiger partial charge in [-0.25, -0.2) is 0 Å². The maximum absolute atomic E-state index is 12.7. The molecule has 0 saturated carbocycles. The number of amides is 1. The summed E-state index contributed by atoms with van der Waals surface area (Å²) in [7, 11) is 1.90. The Bertz CT molecular complexity index is 676. The summed E-state index contributed by atoms with van der Waals surface area (Å²) in [6.07, 6.45) is 0.705. The molecule has 1 heterocycles. The first kappa shape index (κ1) is 17.3. The molecule has 0 aliphatic carbocycles. The van der Waals surface area contributed by atoms with E-state index < -0.39 is 0 Å². The highest BCUT2D eigenvalue weighted by atomic mass is 35.5. The van der Waals surface area contributed by atoms with Gasteiger partial charge in [0.25, 0.3) is 0 Å². The quantitative estimate of drug-likeness (QED) is 0.903. The van der Waals surface area contributed by atoms with Gasteiger partial charge in [-0.05, 0) is 31.2 Å².